The van der Waals surface area contributed by atoms with Gasteiger partial charge in [-0.05, 0) is 250 Å². The number of carbonyl (C=O) groups is 4. The van der Waals surface area contributed by atoms with Gasteiger partial charge in [-0.15, -0.1) is 0 Å². The van der Waals surface area contributed by atoms with E-state index >= 15 is 0 Å². The van der Waals surface area contributed by atoms with Crippen molar-refractivity contribution in [2.75, 3.05) is 7.11 Å². The van der Waals surface area contributed by atoms with E-state index < -0.39 is 17.9 Å². The first-order chi connectivity index (χ1) is 42.1. The Kier molecular flexibility index (Phi) is 17.5. The summed E-state index contributed by atoms with van der Waals surface area (Å²) in [5, 5.41) is 0. The predicted molar refractivity (Wildman–Crippen MR) is 336 cm³/mol. The average molecular weight is 1160 g/mol. The largest absolute Gasteiger partial charge is 0.496 e. The molecule has 2 aliphatic rings. The zero-order valence-corrected chi connectivity index (χ0v) is 50.0. The first-order valence-corrected chi connectivity index (χ1v) is 29.9. The molecule has 0 spiro atoms. The highest BCUT2D eigenvalue weighted by Gasteiger charge is 2.38. The quantitative estimate of drug-likeness (QED) is 0.0462. The summed E-state index contributed by atoms with van der Waals surface area (Å²) < 4.78 is 41.6. The fraction of sp³-hybridized carbons (Fsp3) is 0.237. The molecule has 0 atom stereocenters. The molecule has 0 unspecified atom stereocenters. The van der Waals surface area contributed by atoms with Gasteiger partial charge in [-0.1, -0.05) is 87.1 Å². The van der Waals surface area contributed by atoms with E-state index in [1.807, 2.05) is 39.0 Å². The molecule has 0 N–H and O–H groups in total. The molecular formula is C76H70O11. The standard InChI is InChI=1S/C76H70O11/c1-49-45-58(21-37-68(49)81-6)75(41-9-7-10-42-75)59-22-38-69(50(2)46-59)85-73(79)56-17-29-64(30-18-56)83-66-33-35-67(36-34-66)84-65-31-19-57(20-32-65)74(80)87-71-40-24-61(48-52(71)4)76(43-11-8-12-44-76)60-23-39-70(51(3)47-60)86-72(78)55-15-27-63(28-16-55)82-62-25-13-54(14-26-62)53(5)77/h13-40,45-48H,7-12,41-44H2,1-6H3. The van der Waals surface area contributed by atoms with E-state index in [1.54, 1.807) is 128 Å². The SMILES string of the molecule is COc1ccc(C2(c3ccc(OC(=O)c4ccc(Oc5ccc(Oc6ccc(C(=O)Oc7ccc(C8(c9ccc(OC(=O)c%10ccc(Oc%11ccc(C(C)=O)cc%11)cc%10)c(C)c9)CCCCC8)cc7C)cc6)cc5)cc4)c(C)c3)CCCCC2)cc1C. The first kappa shape index (κ1) is 59.0. The Morgan fingerprint density at radius 2 is 0.552 bits per heavy atom. The lowest BCUT2D eigenvalue weighted by Crippen LogP contribution is -2.30. The minimum Gasteiger partial charge on any atom is -0.496 e. The number of esters is 3. The highest BCUT2D eigenvalue weighted by atomic mass is 16.5. The van der Waals surface area contributed by atoms with Gasteiger partial charge in [0.2, 0.25) is 0 Å². The summed E-state index contributed by atoms with van der Waals surface area (Å²) in [6, 6.07) is 59.4. The van der Waals surface area contributed by atoms with Gasteiger partial charge >= 0.3 is 17.9 Å². The smallest absolute Gasteiger partial charge is 0.343 e. The van der Waals surface area contributed by atoms with Crippen molar-refractivity contribution in [3.63, 3.8) is 0 Å². The molecule has 440 valence electrons. The van der Waals surface area contributed by atoms with Crippen molar-refractivity contribution in [2.45, 2.75) is 110 Å². The number of carbonyl (C=O) groups excluding carboxylic acids is 4. The number of ether oxygens (including phenoxy) is 7. The minimum atomic E-state index is -0.484. The van der Waals surface area contributed by atoms with Gasteiger partial charge in [0.15, 0.2) is 5.78 Å². The lowest BCUT2D eigenvalue weighted by Gasteiger charge is -2.39. The van der Waals surface area contributed by atoms with Crippen LogP contribution in [-0.2, 0) is 10.8 Å². The summed E-state index contributed by atoms with van der Waals surface area (Å²) in [5.74, 6) is 4.34. The van der Waals surface area contributed by atoms with Crippen LogP contribution in [0.25, 0.3) is 0 Å². The monoisotopic (exact) mass is 1160 g/mol. The fourth-order valence-electron chi connectivity index (χ4n) is 12.4. The Morgan fingerprint density at radius 1 is 0.310 bits per heavy atom. The second-order valence-electron chi connectivity index (χ2n) is 23.0. The van der Waals surface area contributed by atoms with Crippen molar-refractivity contribution >= 4 is 23.7 Å². The third-order valence-corrected chi connectivity index (χ3v) is 17.2. The zero-order valence-electron chi connectivity index (χ0n) is 50.0. The topological polar surface area (TPSA) is 133 Å². The molecule has 0 saturated heterocycles. The fourth-order valence-corrected chi connectivity index (χ4v) is 12.4. The van der Waals surface area contributed by atoms with Crippen LogP contribution >= 0.6 is 0 Å². The Labute approximate surface area is 508 Å². The Bertz CT molecular complexity index is 3960. The summed E-state index contributed by atoms with van der Waals surface area (Å²) in [4.78, 5) is 51.9. The summed E-state index contributed by atoms with van der Waals surface area (Å²) in [7, 11) is 1.71. The van der Waals surface area contributed by atoms with Crippen molar-refractivity contribution in [3.8, 4) is 57.5 Å². The maximum absolute atomic E-state index is 13.5. The van der Waals surface area contributed by atoms with Crippen LogP contribution in [0.3, 0.4) is 0 Å². The van der Waals surface area contributed by atoms with E-state index in [-0.39, 0.29) is 16.6 Å². The lowest BCUT2D eigenvalue weighted by atomic mass is 9.65. The van der Waals surface area contributed by atoms with Crippen molar-refractivity contribution < 1.29 is 52.3 Å². The molecule has 0 heterocycles. The minimum absolute atomic E-state index is 0.0188. The van der Waals surface area contributed by atoms with Gasteiger partial charge in [0, 0.05) is 16.4 Å². The number of Topliss-reactive ketones (excluding diaryl/α,β-unsaturated/α-hetero) is 1. The summed E-state index contributed by atoms with van der Waals surface area (Å²) >= 11 is 0. The van der Waals surface area contributed by atoms with E-state index in [0.717, 1.165) is 96.9 Å². The predicted octanol–water partition coefficient (Wildman–Crippen LogP) is 18.7. The Morgan fingerprint density at radius 3 is 0.793 bits per heavy atom. The van der Waals surface area contributed by atoms with Crippen molar-refractivity contribution in [3.05, 3.63) is 261 Å². The van der Waals surface area contributed by atoms with Crippen LogP contribution in [0.4, 0.5) is 0 Å². The molecular weight excluding hydrogens is 1090 g/mol. The molecule has 0 aromatic heterocycles. The van der Waals surface area contributed by atoms with Gasteiger partial charge in [0.25, 0.3) is 0 Å². The third-order valence-electron chi connectivity index (χ3n) is 17.2. The van der Waals surface area contributed by atoms with Crippen molar-refractivity contribution in [1.29, 1.82) is 0 Å². The highest BCUT2D eigenvalue weighted by molar-refractivity contribution is 5.94. The maximum atomic E-state index is 13.5. The normalized spacial score (nSPS) is 14.2. The van der Waals surface area contributed by atoms with Gasteiger partial charge in [-0.25, -0.2) is 14.4 Å². The first-order valence-electron chi connectivity index (χ1n) is 29.9. The molecule has 0 amide bonds. The second-order valence-corrected chi connectivity index (χ2v) is 23.0. The van der Waals surface area contributed by atoms with E-state index in [1.165, 1.54) is 24.5 Å². The Balaban J connectivity index is 0.666. The summed E-state index contributed by atoms with van der Waals surface area (Å²) in [6.45, 7) is 9.52. The van der Waals surface area contributed by atoms with Gasteiger partial charge in [0.1, 0.15) is 57.5 Å². The number of hydrogen-bond donors (Lipinski definition) is 0. The molecule has 2 aliphatic carbocycles. The molecule has 9 aromatic carbocycles. The number of rotatable bonds is 18. The number of aryl methyl sites for hydroxylation is 4. The Hall–Kier alpha value is -9.74. The van der Waals surface area contributed by atoms with Crippen LogP contribution in [-0.4, -0.2) is 30.8 Å². The van der Waals surface area contributed by atoms with Crippen LogP contribution < -0.4 is 33.2 Å². The van der Waals surface area contributed by atoms with Crippen molar-refractivity contribution in [2.24, 2.45) is 0 Å². The van der Waals surface area contributed by atoms with Gasteiger partial charge in [-0.3, -0.25) is 4.79 Å². The molecule has 2 saturated carbocycles. The van der Waals surface area contributed by atoms with E-state index in [2.05, 4.69) is 61.5 Å². The van der Waals surface area contributed by atoms with Crippen LogP contribution in [0, 0.1) is 27.7 Å². The summed E-state index contributed by atoms with van der Waals surface area (Å²) in [6.07, 6.45) is 10.9. The molecule has 11 nitrogen and oxygen atoms in total. The van der Waals surface area contributed by atoms with E-state index in [4.69, 9.17) is 33.2 Å². The highest BCUT2D eigenvalue weighted by Crippen LogP contribution is 2.49. The zero-order chi connectivity index (χ0) is 60.7. The number of ketones is 1. The van der Waals surface area contributed by atoms with Crippen LogP contribution in [0.15, 0.2) is 194 Å². The van der Waals surface area contributed by atoms with E-state index in [9.17, 15) is 19.2 Å². The van der Waals surface area contributed by atoms with Crippen LogP contribution in [0.2, 0.25) is 0 Å². The molecule has 87 heavy (non-hydrogen) atoms. The maximum Gasteiger partial charge on any atom is 0.343 e. The summed E-state index contributed by atoms with van der Waals surface area (Å²) in [5.41, 5.74) is 9.94. The number of hydrogen-bond acceptors (Lipinski definition) is 11. The molecule has 0 radical (unpaired) electrons. The second kappa shape index (κ2) is 25.9. The molecule has 9 aromatic rings. The molecule has 11 rings (SSSR count). The van der Waals surface area contributed by atoms with Crippen LogP contribution in [0.1, 0.15) is 157 Å². The molecule has 11 heteroatoms. The average Bonchev–Trinajstić information content (AvgIpc) is 1.58. The molecule has 2 fully saturated rings. The number of methoxy groups -OCH3 is 1. The van der Waals surface area contributed by atoms with Gasteiger partial charge < -0.3 is 33.2 Å². The third kappa shape index (κ3) is 13.2. The van der Waals surface area contributed by atoms with E-state index in [0.29, 0.717) is 74.0 Å². The van der Waals surface area contributed by atoms with Gasteiger partial charge in [0.05, 0.1) is 23.8 Å². The van der Waals surface area contributed by atoms with Gasteiger partial charge in [-0.2, -0.15) is 0 Å². The van der Waals surface area contributed by atoms with Crippen LogP contribution in [0.5, 0.6) is 57.5 Å². The lowest BCUT2D eigenvalue weighted by molar-refractivity contribution is 0.0724. The molecule has 0 bridgehead atoms. The molecule has 0 aliphatic heterocycles. The van der Waals surface area contributed by atoms with Crippen molar-refractivity contribution in [1.82, 2.24) is 0 Å². The number of benzene rings is 9.